The molecule has 0 saturated carbocycles. The molecule has 3 heterocycles. The van der Waals surface area contributed by atoms with E-state index in [2.05, 4.69) is 10.4 Å². The van der Waals surface area contributed by atoms with Crippen molar-refractivity contribution in [1.29, 1.82) is 0 Å². The summed E-state index contributed by atoms with van der Waals surface area (Å²) in [5.41, 5.74) is 1.69. The van der Waals surface area contributed by atoms with Gasteiger partial charge in [0.25, 0.3) is 0 Å². The number of nitrogens with one attached hydrogen (secondary N) is 1. The number of hydrogen-bond donors (Lipinski definition) is 3. The van der Waals surface area contributed by atoms with Gasteiger partial charge in [-0.2, -0.15) is 18.3 Å². The zero-order valence-electron chi connectivity index (χ0n) is 17.7. The summed E-state index contributed by atoms with van der Waals surface area (Å²) in [5.74, 6) is -1.85. The highest BCUT2D eigenvalue weighted by atomic mass is 35.5. The Morgan fingerprint density at radius 1 is 1.12 bits per heavy atom. The van der Waals surface area contributed by atoms with Gasteiger partial charge < -0.3 is 19.9 Å². The van der Waals surface area contributed by atoms with E-state index in [1.165, 1.54) is 10.9 Å². The normalized spacial score (nSPS) is 13.4. The molecule has 1 aliphatic rings. The minimum Gasteiger partial charge on any atom is -0.481 e. The lowest BCUT2D eigenvalue weighted by Gasteiger charge is -2.16. The molecule has 34 heavy (non-hydrogen) atoms. The summed E-state index contributed by atoms with van der Waals surface area (Å²) in [6, 6.07) is 7.85. The number of halogens is 4. The van der Waals surface area contributed by atoms with E-state index in [0.29, 0.717) is 22.9 Å². The number of furan rings is 1. The molecule has 0 saturated heterocycles. The third-order valence-electron chi connectivity index (χ3n) is 4.99. The van der Waals surface area contributed by atoms with Gasteiger partial charge in [-0.05, 0) is 55.3 Å². The van der Waals surface area contributed by atoms with Gasteiger partial charge in [0.15, 0.2) is 11.5 Å². The van der Waals surface area contributed by atoms with Gasteiger partial charge in [0.1, 0.15) is 5.69 Å². The van der Waals surface area contributed by atoms with E-state index in [1.807, 2.05) is 6.07 Å². The predicted octanol–water partition coefficient (Wildman–Crippen LogP) is 4.43. The van der Waals surface area contributed by atoms with Gasteiger partial charge in [0.2, 0.25) is 0 Å². The lowest BCUT2D eigenvalue weighted by Crippen LogP contribution is -2.16. The third-order valence-corrected chi connectivity index (χ3v) is 5.30. The van der Waals surface area contributed by atoms with Crippen LogP contribution in [0.3, 0.4) is 0 Å². The molecule has 0 bridgehead atoms. The standard InChI is InChI=1S/C18H15ClF3N3O.C4H6O4/c19-13-4-3-11-5-7-23-8-6-12(11)17(13)25-14(15-2-1-9-26-15)10-16(24-25)18(20,21)22;5-3(6)1-2-4(7)8/h1-4,9-10,23H,5-8H2;1-2H2,(H,5,6)(H,7,8). The van der Waals surface area contributed by atoms with Crippen molar-refractivity contribution in [3.8, 4) is 17.1 Å². The van der Waals surface area contributed by atoms with Crippen molar-refractivity contribution in [3.05, 3.63) is 58.4 Å². The van der Waals surface area contributed by atoms with Crippen LogP contribution in [0.25, 0.3) is 17.1 Å². The van der Waals surface area contributed by atoms with Crippen molar-refractivity contribution in [2.45, 2.75) is 31.9 Å². The lowest BCUT2D eigenvalue weighted by atomic mass is 10.0. The Morgan fingerprint density at radius 3 is 2.38 bits per heavy atom. The Morgan fingerprint density at radius 2 is 1.79 bits per heavy atom. The highest BCUT2D eigenvalue weighted by molar-refractivity contribution is 6.32. The molecule has 1 aromatic carbocycles. The zero-order valence-corrected chi connectivity index (χ0v) is 18.5. The summed E-state index contributed by atoms with van der Waals surface area (Å²) in [6.45, 7) is 1.54. The number of alkyl halides is 3. The molecular formula is C22H21ClF3N3O5. The molecule has 4 rings (SSSR count). The van der Waals surface area contributed by atoms with Crippen LogP contribution in [-0.2, 0) is 28.6 Å². The Kier molecular flexibility index (Phi) is 8.00. The zero-order chi connectivity index (χ0) is 24.9. The van der Waals surface area contributed by atoms with Crippen LogP contribution in [0.2, 0.25) is 5.02 Å². The topological polar surface area (TPSA) is 118 Å². The fraction of sp³-hybridized carbons (Fsp3) is 0.318. The van der Waals surface area contributed by atoms with Crippen molar-refractivity contribution in [1.82, 2.24) is 15.1 Å². The molecule has 0 fully saturated rings. The number of fused-ring (bicyclic) bond motifs is 1. The van der Waals surface area contributed by atoms with Gasteiger partial charge in [-0.15, -0.1) is 0 Å². The smallest absolute Gasteiger partial charge is 0.435 e. The Hall–Kier alpha value is -3.31. The number of benzene rings is 1. The molecule has 182 valence electrons. The summed E-state index contributed by atoms with van der Waals surface area (Å²) in [7, 11) is 0. The Labute approximate surface area is 196 Å². The van der Waals surface area contributed by atoms with Crippen molar-refractivity contribution in [2.75, 3.05) is 13.1 Å². The molecule has 2 aromatic heterocycles. The first-order valence-electron chi connectivity index (χ1n) is 10.2. The number of nitrogens with zero attached hydrogens (tertiary/aromatic N) is 2. The number of aromatic nitrogens is 2. The van der Waals surface area contributed by atoms with Crippen molar-refractivity contribution >= 4 is 23.5 Å². The second-order valence-corrected chi connectivity index (χ2v) is 7.78. The molecule has 0 unspecified atom stereocenters. The van der Waals surface area contributed by atoms with E-state index in [9.17, 15) is 22.8 Å². The first kappa shape index (κ1) is 25.3. The quantitative estimate of drug-likeness (QED) is 0.475. The van der Waals surface area contributed by atoms with Gasteiger partial charge >= 0.3 is 18.1 Å². The van der Waals surface area contributed by atoms with Gasteiger partial charge in [-0.25, -0.2) is 4.68 Å². The summed E-state index contributed by atoms with van der Waals surface area (Å²) in [4.78, 5) is 19.3. The molecule has 0 amide bonds. The number of rotatable bonds is 5. The van der Waals surface area contributed by atoms with Gasteiger partial charge in [0.05, 0.1) is 29.8 Å². The van der Waals surface area contributed by atoms with Crippen LogP contribution in [0.4, 0.5) is 13.2 Å². The van der Waals surface area contributed by atoms with E-state index in [0.717, 1.165) is 36.7 Å². The average Bonchev–Trinajstić information content (AvgIpc) is 3.38. The first-order valence-corrected chi connectivity index (χ1v) is 10.6. The number of hydrogen-bond acceptors (Lipinski definition) is 5. The predicted molar refractivity (Wildman–Crippen MR) is 116 cm³/mol. The van der Waals surface area contributed by atoms with E-state index in [-0.39, 0.29) is 18.5 Å². The largest absolute Gasteiger partial charge is 0.481 e. The minimum absolute atomic E-state index is 0.217. The van der Waals surface area contributed by atoms with E-state index >= 15 is 0 Å². The van der Waals surface area contributed by atoms with E-state index < -0.39 is 23.8 Å². The average molecular weight is 500 g/mol. The van der Waals surface area contributed by atoms with Crippen LogP contribution in [-0.4, -0.2) is 45.0 Å². The van der Waals surface area contributed by atoms with E-state index in [4.69, 9.17) is 26.2 Å². The molecule has 0 radical (unpaired) electrons. The van der Waals surface area contributed by atoms with Crippen molar-refractivity contribution < 1.29 is 37.4 Å². The molecule has 0 aliphatic carbocycles. The monoisotopic (exact) mass is 499 g/mol. The summed E-state index contributed by atoms with van der Waals surface area (Å²) in [5, 5.41) is 23.3. The number of carboxylic acid groups (broad SMARTS) is 2. The van der Waals surface area contributed by atoms with Crippen LogP contribution in [0.5, 0.6) is 0 Å². The van der Waals surface area contributed by atoms with Crippen LogP contribution in [0.15, 0.2) is 41.0 Å². The fourth-order valence-corrected chi connectivity index (χ4v) is 3.71. The van der Waals surface area contributed by atoms with Gasteiger partial charge in [-0.1, -0.05) is 17.7 Å². The fourth-order valence-electron chi connectivity index (χ4n) is 3.46. The molecule has 12 heteroatoms. The minimum atomic E-state index is -4.56. The van der Waals surface area contributed by atoms with Crippen LogP contribution < -0.4 is 5.32 Å². The third kappa shape index (κ3) is 6.17. The summed E-state index contributed by atoms with van der Waals surface area (Å²) < 4.78 is 46.5. The molecule has 3 N–H and O–H groups in total. The van der Waals surface area contributed by atoms with Crippen LogP contribution in [0, 0.1) is 0 Å². The second-order valence-electron chi connectivity index (χ2n) is 7.37. The maximum absolute atomic E-state index is 13.3. The van der Waals surface area contributed by atoms with Gasteiger partial charge in [-0.3, -0.25) is 9.59 Å². The van der Waals surface area contributed by atoms with Gasteiger partial charge in [0, 0.05) is 6.07 Å². The second kappa shape index (κ2) is 10.7. The first-order chi connectivity index (χ1) is 16.1. The molecule has 0 atom stereocenters. The Bertz CT molecular complexity index is 1150. The molecule has 3 aromatic rings. The van der Waals surface area contributed by atoms with E-state index in [1.54, 1.807) is 18.2 Å². The highest BCUT2D eigenvalue weighted by Crippen LogP contribution is 2.37. The molecule has 1 aliphatic heterocycles. The van der Waals surface area contributed by atoms with Crippen molar-refractivity contribution in [3.63, 3.8) is 0 Å². The summed E-state index contributed by atoms with van der Waals surface area (Å²) in [6.07, 6.45) is -2.30. The number of carbonyl (C=O) groups is 2. The van der Waals surface area contributed by atoms with Crippen LogP contribution >= 0.6 is 11.6 Å². The lowest BCUT2D eigenvalue weighted by molar-refractivity contribution is -0.143. The van der Waals surface area contributed by atoms with Crippen molar-refractivity contribution in [2.24, 2.45) is 0 Å². The molecular weight excluding hydrogens is 479 g/mol. The maximum Gasteiger partial charge on any atom is 0.435 e. The maximum atomic E-state index is 13.3. The SMILES string of the molecule is FC(F)(F)c1cc(-c2ccco2)n(-c2c(Cl)ccc3c2CCNCC3)n1.O=C(O)CCC(=O)O. The molecule has 0 spiro atoms. The Balaban J connectivity index is 0.000000350. The molecule has 8 nitrogen and oxygen atoms in total. The summed E-state index contributed by atoms with van der Waals surface area (Å²) >= 11 is 6.41. The number of carboxylic acids is 2. The van der Waals surface area contributed by atoms with Crippen LogP contribution in [0.1, 0.15) is 29.7 Å². The highest BCUT2D eigenvalue weighted by Gasteiger charge is 2.36. The number of aliphatic carboxylic acids is 2.